The zero-order chi connectivity index (χ0) is 20.4. The molecule has 0 aliphatic carbocycles. The summed E-state index contributed by atoms with van der Waals surface area (Å²) in [5.41, 5.74) is 2.10. The van der Waals surface area contributed by atoms with Gasteiger partial charge in [-0.1, -0.05) is 24.3 Å². The number of amides is 1. The lowest BCUT2D eigenvalue weighted by atomic mass is 10.1. The van der Waals surface area contributed by atoms with Gasteiger partial charge in [0.1, 0.15) is 23.6 Å². The number of hydrogen-bond acceptors (Lipinski definition) is 4. The molecular weight excluding hydrogens is 376 g/mol. The number of nitrogens with zero attached hydrogens (tertiary/aromatic N) is 2. The van der Waals surface area contributed by atoms with E-state index in [0.29, 0.717) is 17.9 Å². The van der Waals surface area contributed by atoms with Gasteiger partial charge in [-0.15, -0.1) is 0 Å². The average Bonchev–Trinajstić information content (AvgIpc) is 3.16. The lowest BCUT2D eigenvalue weighted by Gasteiger charge is -2.17. The molecule has 29 heavy (non-hydrogen) atoms. The molecule has 1 unspecified atom stereocenters. The fraction of sp³-hybridized carbons (Fsp3) is 0.182. The van der Waals surface area contributed by atoms with E-state index >= 15 is 0 Å². The standard InChI is InChI=1S/C22H19F2N3O2/c23-16-5-3-6-17(24)21(16)19(28)13-26-20-9-8-15(12-25-20)22(29)27-11-10-14-4-1-2-7-18(14)27/h1-9,12,19,28H,10-11,13H2,(H,25,26). The van der Waals surface area contributed by atoms with Crippen molar-refractivity contribution in [3.63, 3.8) is 0 Å². The molecule has 4 rings (SSSR count). The van der Waals surface area contributed by atoms with E-state index in [1.165, 1.54) is 12.3 Å². The lowest BCUT2D eigenvalue weighted by Crippen LogP contribution is -2.29. The van der Waals surface area contributed by atoms with Crippen LogP contribution < -0.4 is 10.2 Å². The second-order valence-corrected chi connectivity index (χ2v) is 6.80. The SMILES string of the molecule is O=C(c1ccc(NCC(O)c2c(F)cccc2F)nc1)N1CCc2ccccc21. The first-order chi connectivity index (χ1) is 14.0. The second kappa shape index (κ2) is 7.97. The summed E-state index contributed by atoms with van der Waals surface area (Å²) in [6.07, 6.45) is 0.890. The number of benzene rings is 2. The average molecular weight is 395 g/mol. The highest BCUT2D eigenvalue weighted by molar-refractivity contribution is 6.07. The van der Waals surface area contributed by atoms with Crippen LogP contribution in [-0.2, 0) is 6.42 Å². The van der Waals surface area contributed by atoms with Crippen molar-refractivity contribution in [1.82, 2.24) is 4.98 Å². The van der Waals surface area contributed by atoms with Gasteiger partial charge in [-0.2, -0.15) is 0 Å². The predicted octanol–water partition coefficient (Wildman–Crippen LogP) is 3.71. The smallest absolute Gasteiger partial charge is 0.259 e. The Morgan fingerprint density at radius 2 is 1.86 bits per heavy atom. The van der Waals surface area contributed by atoms with E-state index in [-0.39, 0.29) is 18.0 Å². The van der Waals surface area contributed by atoms with Gasteiger partial charge < -0.3 is 15.3 Å². The van der Waals surface area contributed by atoms with Crippen LogP contribution in [0.2, 0.25) is 0 Å². The molecule has 148 valence electrons. The van der Waals surface area contributed by atoms with Crippen LogP contribution in [0.3, 0.4) is 0 Å². The van der Waals surface area contributed by atoms with Gasteiger partial charge in [0.25, 0.3) is 5.91 Å². The quantitative estimate of drug-likeness (QED) is 0.691. The molecule has 1 aliphatic rings. The molecule has 2 N–H and O–H groups in total. The van der Waals surface area contributed by atoms with Gasteiger partial charge in [-0.05, 0) is 42.3 Å². The Bertz CT molecular complexity index is 1020. The molecule has 3 aromatic rings. The number of carbonyl (C=O) groups excluding carboxylic acids is 1. The molecule has 2 heterocycles. The van der Waals surface area contributed by atoms with E-state index in [1.807, 2.05) is 24.3 Å². The zero-order valence-electron chi connectivity index (χ0n) is 15.5. The minimum Gasteiger partial charge on any atom is -0.386 e. The van der Waals surface area contributed by atoms with E-state index in [9.17, 15) is 18.7 Å². The molecule has 0 fully saturated rings. The van der Waals surface area contributed by atoms with Crippen LogP contribution in [0.5, 0.6) is 0 Å². The minimum absolute atomic E-state index is 0.127. The highest BCUT2D eigenvalue weighted by Gasteiger charge is 2.25. The van der Waals surface area contributed by atoms with Crippen LogP contribution in [0.4, 0.5) is 20.3 Å². The van der Waals surface area contributed by atoms with Crippen LogP contribution in [0.25, 0.3) is 0 Å². The number of hydrogen-bond donors (Lipinski definition) is 2. The fourth-order valence-corrected chi connectivity index (χ4v) is 3.46. The maximum absolute atomic E-state index is 13.7. The number of para-hydroxylation sites is 1. The highest BCUT2D eigenvalue weighted by Crippen LogP contribution is 2.29. The molecule has 0 saturated carbocycles. The summed E-state index contributed by atoms with van der Waals surface area (Å²) in [6, 6.07) is 14.5. The molecule has 2 aromatic carbocycles. The van der Waals surface area contributed by atoms with E-state index in [2.05, 4.69) is 10.3 Å². The molecule has 1 aliphatic heterocycles. The first-order valence-electron chi connectivity index (χ1n) is 9.26. The monoisotopic (exact) mass is 395 g/mol. The van der Waals surface area contributed by atoms with Crippen LogP contribution in [0, 0.1) is 11.6 Å². The van der Waals surface area contributed by atoms with Gasteiger partial charge in [0.2, 0.25) is 0 Å². The number of fused-ring (bicyclic) bond motifs is 1. The Morgan fingerprint density at radius 1 is 1.10 bits per heavy atom. The van der Waals surface area contributed by atoms with E-state index in [4.69, 9.17) is 0 Å². The number of anilines is 2. The van der Waals surface area contributed by atoms with Gasteiger partial charge in [0, 0.05) is 25.0 Å². The number of carbonyl (C=O) groups is 1. The Labute approximate surface area is 166 Å². The molecule has 7 heteroatoms. The minimum atomic E-state index is -1.37. The van der Waals surface area contributed by atoms with Gasteiger partial charge in [0.15, 0.2) is 0 Å². The number of aromatic nitrogens is 1. The maximum atomic E-state index is 13.7. The third kappa shape index (κ3) is 3.82. The Balaban J connectivity index is 1.42. The number of aliphatic hydroxyl groups is 1. The summed E-state index contributed by atoms with van der Waals surface area (Å²) in [5, 5.41) is 12.9. The predicted molar refractivity (Wildman–Crippen MR) is 106 cm³/mol. The van der Waals surface area contributed by atoms with Gasteiger partial charge in [-0.25, -0.2) is 13.8 Å². The first kappa shape index (κ1) is 19.0. The maximum Gasteiger partial charge on any atom is 0.259 e. The van der Waals surface area contributed by atoms with Crippen LogP contribution in [-0.4, -0.2) is 29.1 Å². The summed E-state index contributed by atoms with van der Waals surface area (Å²) < 4.78 is 27.5. The molecule has 1 atom stereocenters. The van der Waals surface area contributed by atoms with E-state index in [0.717, 1.165) is 29.8 Å². The summed E-state index contributed by atoms with van der Waals surface area (Å²) >= 11 is 0. The number of aliphatic hydroxyl groups excluding tert-OH is 1. The Hall–Kier alpha value is -3.32. The van der Waals surface area contributed by atoms with Gasteiger partial charge in [-0.3, -0.25) is 4.79 Å². The fourth-order valence-electron chi connectivity index (χ4n) is 3.46. The molecule has 1 amide bonds. The molecular formula is C22H19F2N3O2. The van der Waals surface area contributed by atoms with E-state index in [1.54, 1.807) is 17.0 Å². The lowest BCUT2D eigenvalue weighted by molar-refractivity contribution is 0.0989. The van der Waals surface area contributed by atoms with Crippen LogP contribution in [0.15, 0.2) is 60.8 Å². The highest BCUT2D eigenvalue weighted by atomic mass is 19.1. The summed E-state index contributed by atoms with van der Waals surface area (Å²) in [6.45, 7) is 0.496. The molecule has 0 spiro atoms. The number of nitrogens with one attached hydrogen (secondary N) is 1. The number of rotatable bonds is 5. The Kier molecular flexibility index (Phi) is 5.22. The van der Waals surface area contributed by atoms with Crippen molar-refractivity contribution in [3.8, 4) is 0 Å². The topological polar surface area (TPSA) is 65.5 Å². The summed E-state index contributed by atoms with van der Waals surface area (Å²) in [4.78, 5) is 18.7. The van der Waals surface area contributed by atoms with Gasteiger partial charge in [0.05, 0.1) is 11.1 Å². The number of halogens is 2. The van der Waals surface area contributed by atoms with Crippen molar-refractivity contribution in [2.75, 3.05) is 23.3 Å². The zero-order valence-corrected chi connectivity index (χ0v) is 15.5. The van der Waals surface area contributed by atoms with Crippen molar-refractivity contribution in [1.29, 1.82) is 0 Å². The third-order valence-corrected chi connectivity index (χ3v) is 4.95. The Morgan fingerprint density at radius 3 is 2.59 bits per heavy atom. The molecule has 0 saturated heterocycles. The van der Waals surface area contributed by atoms with Crippen molar-refractivity contribution in [2.24, 2.45) is 0 Å². The summed E-state index contributed by atoms with van der Waals surface area (Å²) in [5.74, 6) is -1.36. The third-order valence-electron chi connectivity index (χ3n) is 4.95. The van der Waals surface area contributed by atoms with Crippen LogP contribution in [0.1, 0.15) is 27.6 Å². The molecule has 5 nitrogen and oxygen atoms in total. The largest absolute Gasteiger partial charge is 0.386 e. The van der Waals surface area contributed by atoms with Crippen molar-refractivity contribution < 1.29 is 18.7 Å². The molecule has 1 aromatic heterocycles. The van der Waals surface area contributed by atoms with Gasteiger partial charge >= 0.3 is 0 Å². The first-order valence-corrected chi connectivity index (χ1v) is 9.26. The van der Waals surface area contributed by atoms with Crippen molar-refractivity contribution in [2.45, 2.75) is 12.5 Å². The van der Waals surface area contributed by atoms with E-state index < -0.39 is 17.7 Å². The van der Waals surface area contributed by atoms with Crippen molar-refractivity contribution in [3.05, 3.63) is 89.1 Å². The summed E-state index contributed by atoms with van der Waals surface area (Å²) in [7, 11) is 0. The second-order valence-electron chi connectivity index (χ2n) is 6.80. The van der Waals surface area contributed by atoms with Crippen LogP contribution >= 0.6 is 0 Å². The molecule has 0 radical (unpaired) electrons. The normalized spacial score (nSPS) is 13.8. The molecule has 0 bridgehead atoms. The van der Waals surface area contributed by atoms with Crippen molar-refractivity contribution >= 4 is 17.4 Å². The number of pyridine rings is 1.